The number of anilines is 5. The molecule has 0 N–H and O–H groups in total. The molecule has 0 aliphatic carbocycles. The lowest BCUT2D eigenvalue weighted by Gasteiger charge is -2.27. The van der Waals surface area contributed by atoms with Gasteiger partial charge in [-0.1, -0.05) is 127 Å². The highest BCUT2D eigenvalue weighted by molar-refractivity contribution is 6.09. The summed E-state index contributed by atoms with van der Waals surface area (Å²) in [6.45, 7) is 0.625. The Morgan fingerprint density at radius 1 is 0.528 bits per heavy atom. The smallest absolute Gasteiger partial charge is 0.129 e. The molecular formula is C48H38N4O. The Morgan fingerprint density at radius 3 is 1.91 bits per heavy atom. The van der Waals surface area contributed by atoms with E-state index in [0.29, 0.717) is 6.67 Å². The zero-order valence-corrected chi connectivity index (χ0v) is 29.7. The number of hydrogen-bond acceptors (Lipinski definition) is 5. The highest BCUT2D eigenvalue weighted by atomic mass is 16.5. The summed E-state index contributed by atoms with van der Waals surface area (Å²) in [5.74, 6) is 1.53. The SMILES string of the molecule is CN(C)c1ccnc(-c2cccc(Oc3cccc(N4CN(c5c(-c6ccccc6)cccc5-c5ccccc5)c5c4ccc4ccccc54)c3)c2)c1. The monoisotopic (exact) mass is 686 g/mol. The summed E-state index contributed by atoms with van der Waals surface area (Å²) in [6, 6.07) is 62.0. The zero-order chi connectivity index (χ0) is 35.7. The van der Waals surface area contributed by atoms with Gasteiger partial charge in [-0.2, -0.15) is 0 Å². The van der Waals surface area contributed by atoms with Gasteiger partial charge in [-0.05, 0) is 59.0 Å². The summed E-state index contributed by atoms with van der Waals surface area (Å²) < 4.78 is 6.56. The molecule has 0 saturated carbocycles. The largest absolute Gasteiger partial charge is 0.457 e. The fraction of sp³-hybridized carbons (Fsp3) is 0.0625. The molecule has 1 aromatic heterocycles. The lowest BCUT2D eigenvalue weighted by atomic mass is 9.94. The lowest BCUT2D eigenvalue weighted by Crippen LogP contribution is -2.25. The fourth-order valence-electron chi connectivity index (χ4n) is 7.40. The number of para-hydroxylation sites is 1. The van der Waals surface area contributed by atoms with E-state index in [-0.39, 0.29) is 0 Å². The summed E-state index contributed by atoms with van der Waals surface area (Å²) in [5.41, 5.74) is 12.3. The van der Waals surface area contributed by atoms with E-state index in [1.807, 2.05) is 44.6 Å². The molecule has 0 radical (unpaired) electrons. The molecule has 0 atom stereocenters. The lowest BCUT2D eigenvalue weighted by molar-refractivity contribution is 0.483. The van der Waals surface area contributed by atoms with E-state index in [1.54, 1.807) is 0 Å². The minimum absolute atomic E-state index is 0.625. The van der Waals surface area contributed by atoms with Crippen LogP contribution in [0.3, 0.4) is 0 Å². The van der Waals surface area contributed by atoms with Gasteiger partial charge in [0.25, 0.3) is 0 Å². The molecule has 8 aromatic rings. The van der Waals surface area contributed by atoms with E-state index >= 15 is 0 Å². The molecule has 2 heterocycles. The van der Waals surface area contributed by atoms with E-state index in [9.17, 15) is 0 Å². The second-order valence-electron chi connectivity index (χ2n) is 13.5. The van der Waals surface area contributed by atoms with Crippen LogP contribution in [0.15, 0.2) is 182 Å². The second kappa shape index (κ2) is 13.7. The highest BCUT2D eigenvalue weighted by Gasteiger charge is 2.33. The molecule has 7 aromatic carbocycles. The predicted molar refractivity (Wildman–Crippen MR) is 221 cm³/mol. The summed E-state index contributed by atoms with van der Waals surface area (Å²) in [7, 11) is 4.08. The normalized spacial score (nSPS) is 12.2. The molecule has 0 unspecified atom stereocenters. The number of fused-ring (bicyclic) bond motifs is 3. The van der Waals surface area contributed by atoms with E-state index in [2.05, 4.69) is 171 Å². The van der Waals surface area contributed by atoms with Crippen LogP contribution >= 0.6 is 0 Å². The summed E-state index contributed by atoms with van der Waals surface area (Å²) in [6.07, 6.45) is 1.85. The van der Waals surface area contributed by atoms with Crippen molar-refractivity contribution in [2.45, 2.75) is 0 Å². The van der Waals surface area contributed by atoms with Crippen molar-refractivity contribution in [1.29, 1.82) is 0 Å². The maximum atomic E-state index is 6.56. The third-order valence-corrected chi connectivity index (χ3v) is 9.95. The maximum Gasteiger partial charge on any atom is 0.129 e. The first-order chi connectivity index (χ1) is 26.1. The summed E-state index contributed by atoms with van der Waals surface area (Å²) >= 11 is 0. The third-order valence-electron chi connectivity index (χ3n) is 9.95. The van der Waals surface area contributed by atoms with Crippen molar-refractivity contribution in [2.75, 3.05) is 35.5 Å². The van der Waals surface area contributed by atoms with E-state index in [1.165, 1.54) is 44.4 Å². The van der Waals surface area contributed by atoms with Crippen molar-refractivity contribution >= 4 is 39.2 Å². The Bertz CT molecular complexity index is 2510. The van der Waals surface area contributed by atoms with Crippen LogP contribution in [0.2, 0.25) is 0 Å². The quantitative estimate of drug-likeness (QED) is 0.159. The van der Waals surface area contributed by atoms with Crippen molar-refractivity contribution < 1.29 is 4.74 Å². The average molecular weight is 687 g/mol. The third kappa shape index (κ3) is 6.13. The van der Waals surface area contributed by atoms with Crippen LogP contribution in [-0.2, 0) is 0 Å². The molecule has 0 amide bonds. The van der Waals surface area contributed by atoms with Gasteiger partial charge in [0.2, 0.25) is 0 Å². The highest BCUT2D eigenvalue weighted by Crippen LogP contribution is 2.52. The van der Waals surface area contributed by atoms with Gasteiger partial charge in [-0.3, -0.25) is 4.98 Å². The van der Waals surface area contributed by atoms with Gasteiger partial charge in [0.15, 0.2) is 0 Å². The number of nitrogens with zero attached hydrogens (tertiary/aromatic N) is 4. The Balaban J connectivity index is 1.14. The Labute approximate surface area is 310 Å². The molecule has 0 bridgehead atoms. The summed E-state index contributed by atoms with van der Waals surface area (Å²) in [5, 5.41) is 2.42. The Kier molecular flexibility index (Phi) is 8.29. The average Bonchev–Trinajstić information content (AvgIpc) is 3.61. The number of pyridine rings is 1. The number of ether oxygens (including phenoxy) is 1. The van der Waals surface area contributed by atoms with Crippen LogP contribution in [0, 0.1) is 0 Å². The second-order valence-corrected chi connectivity index (χ2v) is 13.5. The van der Waals surface area contributed by atoms with Crippen molar-refractivity contribution in [3.8, 4) is 45.0 Å². The van der Waals surface area contributed by atoms with Crippen molar-refractivity contribution in [2.24, 2.45) is 0 Å². The first kappa shape index (κ1) is 32.1. The first-order valence-electron chi connectivity index (χ1n) is 17.9. The van der Waals surface area contributed by atoms with Gasteiger partial charge in [-0.15, -0.1) is 0 Å². The molecular weight excluding hydrogens is 649 g/mol. The number of aromatic nitrogens is 1. The molecule has 9 rings (SSSR count). The number of benzene rings is 7. The van der Waals surface area contributed by atoms with E-state index in [0.717, 1.165) is 39.8 Å². The molecule has 0 fully saturated rings. The molecule has 1 aliphatic rings. The zero-order valence-electron chi connectivity index (χ0n) is 29.7. The minimum atomic E-state index is 0.625. The van der Waals surface area contributed by atoms with Gasteiger partial charge >= 0.3 is 0 Å². The van der Waals surface area contributed by atoms with Gasteiger partial charge in [0.05, 0.1) is 22.8 Å². The standard InChI is InChI=1S/C48H38N4O/c1-50(2)38-28-29-49-45(32-38)37-19-11-21-40(30-37)53-41-22-12-20-39(31-41)51-33-52(48-44-23-10-9-18-36(44)26-27-46(48)51)47-42(34-14-5-3-6-15-34)24-13-25-43(47)35-16-7-4-8-17-35/h3-32H,33H2,1-2H3. The molecule has 0 spiro atoms. The number of hydrogen-bond donors (Lipinski definition) is 0. The molecule has 1 aliphatic heterocycles. The van der Waals surface area contributed by atoms with Gasteiger partial charge < -0.3 is 19.4 Å². The minimum Gasteiger partial charge on any atom is -0.457 e. The van der Waals surface area contributed by atoms with Crippen LogP contribution < -0.4 is 19.4 Å². The van der Waals surface area contributed by atoms with Crippen molar-refractivity contribution in [3.63, 3.8) is 0 Å². The molecule has 0 saturated heterocycles. The number of rotatable bonds is 8. The van der Waals surface area contributed by atoms with Gasteiger partial charge in [-0.25, -0.2) is 0 Å². The van der Waals surface area contributed by atoms with Crippen LogP contribution in [0.5, 0.6) is 11.5 Å². The Hall–Kier alpha value is -6.85. The molecule has 5 nitrogen and oxygen atoms in total. The van der Waals surface area contributed by atoms with Crippen LogP contribution in [0.1, 0.15) is 0 Å². The van der Waals surface area contributed by atoms with Crippen molar-refractivity contribution in [1.82, 2.24) is 4.98 Å². The first-order valence-corrected chi connectivity index (χ1v) is 17.9. The summed E-state index contributed by atoms with van der Waals surface area (Å²) in [4.78, 5) is 11.6. The van der Waals surface area contributed by atoms with Crippen LogP contribution in [-0.4, -0.2) is 25.7 Å². The van der Waals surface area contributed by atoms with Crippen LogP contribution in [0.25, 0.3) is 44.3 Å². The van der Waals surface area contributed by atoms with Gasteiger partial charge in [0, 0.05) is 59.8 Å². The fourth-order valence-corrected chi connectivity index (χ4v) is 7.40. The van der Waals surface area contributed by atoms with E-state index < -0.39 is 0 Å². The maximum absolute atomic E-state index is 6.56. The molecule has 53 heavy (non-hydrogen) atoms. The Morgan fingerprint density at radius 2 is 1.17 bits per heavy atom. The predicted octanol–water partition coefficient (Wildman–Crippen LogP) is 12.3. The van der Waals surface area contributed by atoms with Crippen LogP contribution in [0.4, 0.5) is 28.4 Å². The topological polar surface area (TPSA) is 31.8 Å². The molecule has 5 heteroatoms. The molecule has 256 valence electrons. The van der Waals surface area contributed by atoms with Gasteiger partial charge in [0.1, 0.15) is 18.2 Å². The van der Waals surface area contributed by atoms with Crippen molar-refractivity contribution in [3.05, 3.63) is 182 Å². The van der Waals surface area contributed by atoms with E-state index in [4.69, 9.17) is 4.74 Å².